The second-order valence-corrected chi connectivity index (χ2v) is 9.71. The van der Waals surface area contributed by atoms with Crippen LogP contribution in [-0.2, 0) is 24.9 Å². The number of phosphoric ester groups is 1. The topological polar surface area (TPSA) is 97.3 Å². The molecule has 1 aromatic rings. The quantitative estimate of drug-likeness (QED) is 0.233. The molecule has 4 aliphatic rings. The number of benzene rings is 1. The van der Waals surface area contributed by atoms with Crippen LogP contribution in [0, 0.1) is 11.8 Å². The van der Waals surface area contributed by atoms with Crippen molar-refractivity contribution in [1.82, 2.24) is 0 Å². The van der Waals surface area contributed by atoms with E-state index < -0.39 is 19.2 Å². The predicted molar refractivity (Wildman–Crippen MR) is 103 cm³/mol. The third-order valence-corrected chi connectivity index (χ3v) is 7.69. The van der Waals surface area contributed by atoms with Crippen LogP contribution in [0.25, 0.3) is 0 Å². The zero-order valence-electron chi connectivity index (χ0n) is 19.5. The zero-order valence-corrected chi connectivity index (χ0v) is 23.4. The van der Waals surface area contributed by atoms with Gasteiger partial charge in [-0.2, -0.15) is 4.89 Å². The van der Waals surface area contributed by atoms with E-state index in [1.54, 1.807) is 24.8 Å². The van der Waals surface area contributed by atoms with Gasteiger partial charge in [-0.15, -0.1) is 0 Å². The Labute approximate surface area is 228 Å². The van der Waals surface area contributed by atoms with Gasteiger partial charge in [-0.25, -0.2) is 4.89 Å². The first-order valence-corrected chi connectivity index (χ1v) is 11.9. The van der Waals surface area contributed by atoms with Crippen LogP contribution < -0.4 is 68.5 Å². The molecule has 160 valence electrons. The Kier molecular flexibility index (Phi) is 8.35. The standard InChI is InChI=1S/C21H27O7P.2Na.H/c1-25-21(16-8-4-9-17(13-16)26-29(22,23)24)20(27-28-21)15-7-5-11-19(20)18-10-3-2-6-14(18)12-15;;;/h4,8-9,13,15,19H,2-3,5-7,10-12H2,1H3,(H2,22,23,24);;;/q;2*+1;-1/p-1. The molecule has 1 heterocycles. The first-order chi connectivity index (χ1) is 13.9. The summed E-state index contributed by atoms with van der Waals surface area (Å²) in [6.07, 6.45) is 8.98. The summed E-state index contributed by atoms with van der Waals surface area (Å²) in [5.41, 5.74) is 3.12. The number of phosphoric acid groups is 1. The van der Waals surface area contributed by atoms with E-state index in [1.165, 1.54) is 30.9 Å². The Bertz CT molecular complexity index is 906. The molecule has 2 fully saturated rings. The Morgan fingerprint density at radius 3 is 2.65 bits per heavy atom. The average Bonchev–Trinajstić information content (AvgIpc) is 2.66. The Morgan fingerprint density at radius 1 is 1.19 bits per heavy atom. The maximum atomic E-state index is 11.2. The number of allylic oxidation sites excluding steroid dienone is 1. The van der Waals surface area contributed by atoms with Gasteiger partial charge in [0, 0.05) is 24.5 Å². The van der Waals surface area contributed by atoms with Gasteiger partial charge >= 0.3 is 66.9 Å². The summed E-state index contributed by atoms with van der Waals surface area (Å²) >= 11 is 0. The summed E-state index contributed by atoms with van der Waals surface area (Å²) < 4.78 is 21.9. The molecule has 1 spiro atoms. The van der Waals surface area contributed by atoms with E-state index >= 15 is 0 Å². The van der Waals surface area contributed by atoms with Crippen LogP contribution in [0.1, 0.15) is 58.4 Å². The molecule has 7 nitrogen and oxygen atoms in total. The molecule has 0 aromatic heterocycles. The molecule has 1 aromatic carbocycles. The summed E-state index contributed by atoms with van der Waals surface area (Å²) in [7, 11) is -3.31. The molecule has 0 radical (unpaired) electrons. The molecule has 2 bridgehead atoms. The summed E-state index contributed by atoms with van der Waals surface area (Å²) in [4.78, 5) is 32.0. The van der Waals surface area contributed by atoms with Crippen molar-refractivity contribution in [2.45, 2.75) is 62.8 Å². The van der Waals surface area contributed by atoms with Crippen molar-refractivity contribution in [3.8, 4) is 5.75 Å². The minimum atomic E-state index is -4.91. The molecular weight excluding hydrogens is 441 g/mol. The van der Waals surface area contributed by atoms with Gasteiger partial charge in [0.1, 0.15) is 5.75 Å². The van der Waals surface area contributed by atoms with Gasteiger partial charge in [0.05, 0.1) is 0 Å². The largest absolute Gasteiger partial charge is 1.00 e. The Hall–Kier alpha value is 0.790. The fourth-order valence-corrected chi connectivity index (χ4v) is 6.60. The third-order valence-electron chi connectivity index (χ3n) is 7.25. The molecule has 10 heteroatoms. The van der Waals surface area contributed by atoms with Crippen molar-refractivity contribution >= 4 is 7.82 Å². The second kappa shape index (κ2) is 9.80. The summed E-state index contributed by atoms with van der Waals surface area (Å²) in [5, 5.41) is 0. The van der Waals surface area contributed by atoms with Crippen molar-refractivity contribution in [1.29, 1.82) is 0 Å². The van der Waals surface area contributed by atoms with Crippen LogP contribution in [0.5, 0.6) is 5.75 Å². The van der Waals surface area contributed by atoms with E-state index in [0.717, 1.165) is 32.1 Å². The minimum absolute atomic E-state index is 0. The van der Waals surface area contributed by atoms with E-state index in [9.17, 15) is 9.46 Å². The molecular formula is C21H27Na2O7P. The van der Waals surface area contributed by atoms with Crippen LogP contribution in [0.4, 0.5) is 0 Å². The summed E-state index contributed by atoms with van der Waals surface area (Å²) in [6.45, 7) is 0. The molecule has 1 saturated heterocycles. The van der Waals surface area contributed by atoms with E-state index in [1.807, 2.05) is 6.07 Å². The number of hydrogen-bond donors (Lipinski definition) is 1. The number of fused-ring (bicyclic) bond motifs is 1. The predicted octanol–water partition coefficient (Wildman–Crippen LogP) is -2.16. The van der Waals surface area contributed by atoms with Crippen molar-refractivity contribution < 1.29 is 93.9 Å². The molecule has 5 rings (SSSR count). The van der Waals surface area contributed by atoms with Crippen LogP contribution in [0.2, 0.25) is 0 Å². The van der Waals surface area contributed by atoms with Crippen LogP contribution in [-0.4, -0.2) is 17.6 Å². The van der Waals surface area contributed by atoms with Crippen LogP contribution in [0.3, 0.4) is 0 Å². The van der Waals surface area contributed by atoms with Gasteiger partial charge in [0.2, 0.25) is 0 Å². The van der Waals surface area contributed by atoms with Gasteiger partial charge in [0.25, 0.3) is 5.79 Å². The molecule has 5 atom stereocenters. The van der Waals surface area contributed by atoms with Crippen molar-refractivity contribution in [2.75, 3.05) is 7.11 Å². The number of methoxy groups -OCH3 is 1. The smallest absolute Gasteiger partial charge is 1.00 e. The normalized spacial score (nSPS) is 35.7. The molecule has 5 unspecified atom stereocenters. The maximum absolute atomic E-state index is 11.2. The van der Waals surface area contributed by atoms with Gasteiger partial charge in [-0.3, -0.25) is 4.57 Å². The molecule has 1 aliphatic heterocycles. The zero-order chi connectivity index (χ0) is 20.3. The fourth-order valence-electron chi connectivity index (χ4n) is 6.22. The minimum Gasteiger partial charge on any atom is -1.00 e. The average molecular weight is 468 g/mol. The second-order valence-electron chi connectivity index (χ2n) is 8.59. The fraction of sp³-hybridized carbons (Fsp3) is 0.619. The van der Waals surface area contributed by atoms with Crippen molar-refractivity contribution in [2.24, 2.45) is 11.8 Å². The first-order valence-electron chi connectivity index (χ1n) is 10.4. The third kappa shape index (κ3) is 4.22. The first kappa shape index (κ1) is 26.4. The van der Waals surface area contributed by atoms with Crippen LogP contribution >= 0.6 is 7.82 Å². The van der Waals surface area contributed by atoms with Crippen molar-refractivity contribution in [3.05, 3.63) is 41.0 Å². The van der Waals surface area contributed by atoms with Crippen LogP contribution in [0.15, 0.2) is 35.4 Å². The van der Waals surface area contributed by atoms with Gasteiger partial charge in [0.15, 0.2) is 5.60 Å². The SMILES string of the molecule is COC1(c2cccc(OP(=O)([O-])O)c2)OOC12C1CCCC2C2=C(CCCC2)C1.[H-].[Na+].[Na+]. The number of ether oxygens (including phenoxy) is 1. The molecule has 3 aliphatic carbocycles. The molecule has 1 saturated carbocycles. The number of hydrogen-bond acceptors (Lipinski definition) is 6. The van der Waals surface area contributed by atoms with E-state index in [4.69, 9.17) is 23.9 Å². The van der Waals surface area contributed by atoms with E-state index in [-0.39, 0.29) is 78.1 Å². The monoisotopic (exact) mass is 468 g/mol. The number of rotatable bonds is 4. The van der Waals surface area contributed by atoms with E-state index in [2.05, 4.69) is 0 Å². The summed E-state index contributed by atoms with van der Waals surface area (Å²) in [5.74, 6) is -0.615. The van der Waals surface area contributed by atoms with Crippen molar-refractivity contribution in [3.63, 3.8) is 0 Å². The molecule has 0 amide bonds. The summed E-state index contributed by atoms with van der Waals surface area (Å²) in [6, 6.07) is 6.52. The molecule has 31 heavy (non-hydrogen) atoms. The van der Waals surface area contributed by atoms with E-state index in [0.29, 0.717) is 5.56 Å². The maximum Gasteiger partial charge on any atom is 1.00 e. The Morgan fingerprint density at radius 2 is 1.97 bits per heavy atom. The van der Waals surface area contributed by atoms with Gasteiger partial charge in [-0.1, -0.05) is 29.7 Å². The van der Waals surface area contributed by atoms with Gasteiger partial charge < -0.3 is 20.5 Å². The Balaban J connectivity index is 0.00000121. The van der Waals surface area contributed by atoms with Gasteiger partial charge in [-0.05, 0) is 57.1 Å². The molecule has 1 N–H and O–H groups in total.